The summed E-state index contributed by atoms with van der Waals surface area (Å²) in [5.41, 5.74) is -1.13. The number of pyridine rings is 1. The number of carbonyl (C=O) groups is 2. The Hall–Kier alpha value is -2.09. The van der Waals surface area contributed by atoms with E-state index >= 15 is 0 Å². The molecule has 7 nitrogen and oxygen atoms in total. The van der Waals surface area contributed by atoms with Gasteiger partial charge in [-0.05, 0) is 45.1 Å². The molecule has 2 fully saturated rings. The van der Waals surface area contributed by atoms with Gasteiger partial charge in [-0.25, -0.2) is 0 Å². The molecule has 0 bridgehead atoms. The third kappa shape index (κ3) is 7.21. The number of allylic oxidation sites excluding steroid dienone is 2. The third-order valence-electron chi connectivity index (χ3n) is 7.03. The van der Waals surface area contributed by atoms with Gasteiger partial charge in [-0.3, -0.25) is 9.59 Å². The van der Waals surface area contributed by atoms with Crippen molar-refractivity contribution in [2.45, 2.75) is 121 Å². The molecule has 35 heavy (non-hydrogen) atoms. The van der Waals surface area contributed by atoms with Crippen LogP contribution in [0.3, 0.4) is 0 Å². The van der Waals surface area contributed by atoms with Crippen LogP contribution in [-0.4, -0.2) is 45.9 Å². The van der Waals surface area contributed by atoms with Crippen LogP contribution in [0, 0.1) is 0 Å². The molecular weight excluding hydrogens is 446 g/mol. The van der Waals surface area contributed by atoms with Gasteiger partial charge < -0.3 is 19.7 Å². The molecule has 0 amide bonds. The Balaban J connectivity index is 1.27. The van der Waals surface area contributed by atoms with Gasteiger partial charge in [-0.15, -0.1) is 0 Å². The van der Waals surface area contributed by atoms with Crippen molar-refractivity contribution in [3.05, 3.63) is 42.2 Å². The highest BCUT2D eigenvalue weighted by Crippen LogP contribution is 2.54. The first-order valence-corrected chi connectivity index (χ1v) is 13.3. The second kappa shape index (κ2) is 13.3. The van der Waals surface area contributed by atoms with Crippen molar-refractivity contribution in [1.82, 2.24) is 0 Å². The van der Waals surface area contributed by atoms with Crippen molar-refractivity contribution < 1.29 is 33.8 Å². The maximum Gasteiger partial charge on any atom is 0.306 e. The molecule has 1 saturated heterocycles. The van der Waals surface area contributed by atoms with Gasteiger partial charge in [-0.1, -0.05) is 57.6 Å². The largest absolute Gasteiger partial charge is 0.456 e. The summed E-state index contributed by atoms with van der Waals surface area (Å²) < 4.78 is 12.7. The lowest BCUT2D eigenvalue weighted by Crippen LogP contribution is -2.50. The van der Waals surface area contributed by atoms with Crippen LogP contribution < -0.4 is 4.57 Å². The summed E-state index contributed by atoms with van der Waals surface area (Å²) in [5.74, 6) is -0.477. The van der Waals surface area contributed by atoms with Crippen molar-refractivity contribution in [2.24, 2.45) is 0 Å². The second-order valence-corrected chi connectivity index (χ2v) is 9.91. The van der Waals surface area contributed by atoms with E-state index in [9.17, 15) is 19.8 Å². The number of ketones is 1. The summed E-state index contributed by atoms with van der Waals surface area (Å²) in [6, 6.07) is 3.36. The Bertz CT molecular complexity index is 871. The number of carbonyl (C=O) groups excluding carboxylic acids is 2. The summed E-state index contributed by atoms with van der Waals surface area (Å²) in [6.45, 7) is 3.69. The average molecular weight is 489 g/mol. The predicted octanol–water partition coefficient (Wildman–Crippen LogP) is 4.35. The Morgan fingerprint density at radius 2 is 1.74 bits per heavy atom. The van der Waals surface area contributed by atoms with E-state index in [4.69, 9.17) is 9.47 Å². The Morgan fingerprint density at radius 1 is 1.09 bits per heavy atom. The summed E-state index contributed by atoms with van der Waals surface area (Å²) in [6.07, 6.45) is 17.1. The third-order valence-corrected chi connectivity index (χ3v) is 7.03. The molecule has 7 heteroatoms. The lowest BCUT2D eigenvalue weighted by atomic mass is 10.1. The number of aromatic nitrogens is 1. The molecule has 0 spiro atoms. The Morgan fingerprint density at radius 3 is 2.37 bits per heavy atom. The molecule has 2 aliphatic rings. The molecule has 2 N–H and O–H groups in total. The fourth-order valence-corrected chi connectivity index (χ4v) is 4.74. The number of nitrogens with zero attached hydrogens (tertiary/aromatic N) is 1. The molecule has 1 aliphatic heterocycles. The number of hydrogen-bond donors (Lipinski definition) is 2. The summed E-state index contributed by atoms with van der Waals surface area (Å²) >= 11 is 0. The summed E-state index contributed by atoms with van der Waals surface area (Å²) in [4.78, 5) is 23.8. The van der Waals surface area contributed by atoms with Crippen LogP contribution >= 0.6 is 0 Å². The summed E-state index contributed by atoms with van der Waals surface area (Å²) in [5, 5.41) is 21.4. The average Bonchev–Trinajstić information content (AvgIpc) is 3.30. The van der Waals surface area contributed by atoms with Gasteiger partial charge in [0.2, 0.25) is 0 Å². The lowest BCUT2D eigenvalue weighted by Gasteiger charge is -2.18. The number of hydrogen-bond acceptors (Lipinski definition) is 6. The highest BCUT2D eigenvalue weighted by atomic mass is 16.6. The van der Waals surface area contributed by atoms with Crippen molar-refractivity contribution in [2.75, 3.05) is 0 Å². The molecule has 1 aliphatic carbocycles. The zero-order chi connectivity index (χ0) is 25.3. The Kier molecular flexibility index (Phi) is 10.4. The van der Waals surface area contributed by atoms with Crippen LogP contribution in [0.5, 0.6) is 0 Å². The van der Waals surface area contributed by atoms with E-state index in [1.54, 1.807) is 29.1 Å². The number of unbranched alkanes of at least 4 members (excludes halogenated alkanes) is 9. The monoisotopic (exact) mass is 488 g/mol. The molecule has 0 radical (unpaired) electrons. The normalized spacial score (nSPS) is 27.2. The van der Waals surface area contributed by atoms with Crippen LogP contribution in [-0.2, 0) is 14.3 Å². The van der Waals surface area contributed by atoms with Gasteiger partial charge in [-0.2, -0.15) is 4.57 Å². The van der Waals surface area contributed by atoms with E-state index in [2.05, 4.69) is 19.1 Å². The molecule has 2 unspecified atom stereocenters. The van der Waals surface area contributed by atoms with Crippen LogP contribution in [0.4, 0.5) is 0 Å². The van der Waals surface area contributed by atoms with E-state index in [1.165, 1.54) is 45.4 Å². The Labute approximate surface area is 209 Å². The topological polar surface area (TPSA) is 96.9 Å². The minimum Gasteiger partial charge on any atom is -0.456 e. The standard InChI is InChI=1S/C28H42NO6/c1-3-4-5-6-7-8-9-10-11-12-13-14-15-18-23(31)34-25-26-28(25,33)24(32)27(35-26)29-19-16-17-22(20-29)21(2)30/h8-9,16-17,19-20,24-27,32-33H,3-7,10-15,18H2,1-2H3/q+1/b9-8-/t24-,25-,26?,27?,28+/m0/s1. The van der Waals surface area contributed by atoms with Gasteiger partial charge in [0.05, 0.1) is 5.56 Å². The van der Waals surface area contributed by atoms with E-state index in [0.717, 1.165) is 32.1 Å². The van der Waals surface area contributed by atoms with Gasteiger partial charge in [0.1, 0.15) is 6.10 Å². The minimum absolute atomic E-state index is 0.104. The molecule has 1 aromatic rings. The number of fused-ring (bicyclic) bond motifs is 1. The smallest absolute Gasteiger partial charge is 0.306 e. The van der Waals surface area contributed by atoms with E-state index in [-0.39, 0.29) is 11.8 Å². The molecule has 1 aromatic heterocycles. The predicted molar refractivity (Wildman–Crippen MR) is 132 cm³/mol. The number of Topliss-reactive ketones (excluding diaryl/α,β-unsaturated/α-hetero) is 1. The van der Waals surface area contributed by atoms with Crippen LogP contribution in [0.2, 0.25) is 0 Å². The number of ether oxygens (including phenoxy) is 2. The molecule has 194 valence electrons. The van der Waals surface area contributed by atoms with Crippen LogP contribution in [0.25, 0.3) is 0 Å². The maximum absolute atomic E-state index is 12.2. The van der Waals surface area contributed by atoms with Crippen molar-refractivity contribution in [3.8, 4) is 0 Å². The number of rotatable bonds is 16. The molecule has 5 atom stereocenters. The zero-order valence-electron chi connectivity index (χ0n) is 21.2. The van der Waals surface area contributed by atoms with Crippen molar-refractivity contribution >= 4 is 11.8 Å². The van der Waals surface area contributed by atoms with Gasteiger partial charge in [0.25, 0.3) is 6.23 Å². The van der Waals surface area contributed by atoms with E-state index in [0.29, 0.717) is 12.0 Å². The molecule has 3 rings (SSSR count). The van der Waals surface area contributed by atoms with E-state index < -0.39 is 30.1 Å². The van der Waals surface area contributed by atoms with E-state index in [1.807, 2.05) is 0 Å². The first kappa shape index (κ1) is 27.5. The van der Waals surface area contributed by atoms with Gasteiger partial charge in [0, 0.05) is 12.5 Å². The quantitative estimate of drug-likeness (QED) is 0.118. The number of esters is 1. The molecular formula is C28H42NO6+. The number of aliphatic hydroxyl groups is 2. The van der Waals surface area contributed by atoms with Gasteiger partial charge in [0.15, 0.2) is 36.0 Å². The highest BCUT2D eigenvalue weighted by molar-refractivity contribution is 5.93. The lowest BCUT2D eigenvalue weighted by molar-refractivity contribution is -0.767. The highest BCUT2D eigenvalue weighted by Gasteiger charge is 2.81. The number of aliphatic hydroxyl groups excluding tert-OH is 1. The minimum atomic E-state index is -1.61. The zero-order valence-corrected chi connectivity index (χ0v) is 21.2. The SMILES string of the molecule is CCCCCC/C=C\CCCCCCCC(=O)O[C@H]1C2OC([n+]3cccc(C(C)=O)c3)[C@H](O)[C@]21O. The van der Waals surface area contributed by atoms with Crippen molar-refractivity contribution in [1.29, 1.82) is 0 Å². The fourth-order valence-electron chi connectivity index (χ4n) is 4.74. The van der Waals surface area contributed by atoms with Gasteiger partial charge >= 0.3 is 5.97 Å². The molecule has 0 aromatic carbocycles. The maximum atomic E-state index is 12.2. The van der Waals surface area contributed by atoms with Crippen LogP contribution in [0.15, 0.2) is 36.7 Å². The first-order valence-electron chi connectivity index (χ1n) is 13.3. The first-order chi connectivity index (χ1) is 16.9. The molecule has 2 heterocycles. The molecule has 1 saturated carbocycles. The summed E-state index contributed by atoms with van der Waals surface area (Å²) in [7, 11) is 0. The fraction of sp³-hybridized carbons (Fsp3) is 0.679. The van der Waals surface area contributed by atoms with Crippen molar-refractivity contribution in [3.63, 3.8) is 0 Å². The van der Waals surface area contributed by atoms with Crippen LogP contribution in [0.1, 0.15) is 107 Å². The second-order valence-electron chi connectivity index (χ2n) is 9.91.